The van der Waals surface area contributed by atoms with Gasteiger partial charge < -0.3 is 4.74 Å². The van der Waals surface area contributed by atoms with E-state index in [-0.39, 0.29) is 17.0 Å². The minimum atomic E-state index is -0.555. The fourth-order valence-corrected chi connectivity index (χ4v) is 1.68. The molecule has 0 atom stereocenters. The molecule has 0 saturated carbocycles. The molecule has 0 spiro atoms. The molecule has 6 nitrogen and oxygen atoms in total. The Kier molecular flexibility index (Phi) is 4.24. The molecule has 0 N–H and O–H groups in total. The SMILES string of the molecule is N#Cc1ccc(OCCc2cccnc2)c([N+](=O)[O-])c1. The minimum absolute atomic E-state index is 0.165. The van der Waals surface area contributed by atoms with Crippen molar-refractivity contribution in [2.45, 2.75) is 6.42 Å². The number of hydrogen-bond donors (Lipinski definition) is 0. The highest BCUT2D eigenvalue weighted by atomic mass is 16.6. The Hall–Kier alpha value is -2.94. The van der Waals surface area contributed by atoms with Crippen molar-refractivity contribution in [1.29, 1.82) is 5.26 Å². The quantitative estimate of drug-likeness (QED) is 0.614. The highest BCUT2D eigenvalue weighted by Gasteiger charge is 2.15. The van der Waals surface area contributed by atoms with Gasteiger partial charge in [-0.15, -0.1) is 0 Å². The van der Waals surface area contributed by atoms with Gasteiger partial charge in [-0.1, -0.05) is 6.07 Å². The van der Waals surface area contributed by atoms with Gasteiger partial charge in [-0.3, -0.25) is 15.1 Å². The van der Waals surface area contributed by atoms with Gasteiger partial charge >= 0.3 is 5.69 Å². The smallest absolute Gasteiger partial charge is 0.312 e. The first-order valence-electron chi connectivity index (χ1n) is 5.91. The molecule has 1 aromatic carbocycles. The number of nitrogens with zero attached hydrogens (tertiary/aromatic N) is 3. The predicted molar refractivity (Wildman–Crippen MR) is 71.2 cm³/mol. The average molecular weight is 269 g/mol. The molecule has 0 amide bonds. The topological polar surface area (TPSA) is 89.0 Å². The third kappa shape index (κ3) is 3.29. The number of hydrogen-bond acceptors (Lipinski definition) is 5. The highest BCUT2D eigenvalue weighted by Crippen LogP contribution is 2.27. The molecular weight excluding hydrogens is 258 g/mol. The van der Waals surface area contributed by atoms with Crippen LogP contribution in [0, 0.1) is 21.4 Å². The molecule has 1 heterocycles. The van der Waals surface area contributed by atoms with Gasteiger partial charge in [0.15, 0.2) is 5.75 Å². The number of rotatable bonds is 5. The Morgan fingerprint density at radius 3 is 2.90 bits per heavy atom. The van der Waals surface area contributed by atoms with Crippen molar-refractivity contribution < 1.29 is 9.66 Å². The molecular formula is C14H11N3O3. The summed E-state index contributed by atoms with van der Waals surface area (Å²) in [6.45, 7) is 0.304. The summed E-state index contributed by atoms with van der Waals surface area (Å²) in [5.74, 6) is 0.165. The Balaban J connectivity index is 2.06. The molecule has 0 bridgehead atoms. The zero-order valence-electron chi connectivity index (χ0n) is 10.5. The van der Waals surface area contributed by atoms with Gasteiger partial charge in [-0.25, -0.2) is 0 Å². The van der Waals surface area contributed by atoms with Crippen LogP contribution in [-0.4, -0.2) is 16.5 Å². The zero-order valence-corrected chi connectivity index (χ0v) is 10.5. The van der Waals surface area contributed by atoms with E-state index in [0.29, 0.717) is 13.0 Å². The molecule has 0 fully saturated rings. The summed E-state index contributed by atoms with van der Waals surface area (Å²) < 4.78 is 5.42. The van der Waals surface area contributed by atoms with Crippen molar-refractivity contribution in [1.82, 2.24) is 4.98 Å². The molecule has 0 aliphatic carbocycles. The van der Waals surface area contributed by atoms with E-state index >= 15 is 0 Å². The normalized spacial score (nSPS) is 9.75. The summed E-state index contributed by atoms with van der Waals surface area (Å²) in [5.41, 5.74) is 1.02. The van der Waals surface area contributed by atoms with Crippen LogP contribution in [0.3, 0.4) is 0 Å². The number of aromatic nitrogens is 1. The minimum Gasteiger partial charge on any atom is -0.486 e. The summed E-state index contributed by atoms with van der Waals surface area (Å²) in [5, 5.41) is 19.7. The standard InChI is InChI=1S/C14H11N3O3/c15-9-12-3-4-14(13(8-12)17(18)19)20-7-5-11-2-1-6-16-10-11/h1-4,6,8,10H,5,7H2. The molecule has 2 rings (SSSR count). The van der Waals surface area contributed by atoms with E-state index in [9.17, 15) is 10.1 Å². The van der Waals surface area contributed by atoms with Crippen LogP contribution in [0.4, 0.5) is 5.69 Å². The Labute approximate surface area is 115 Å². The summed E-state index contributed by atoms with van der Waals surface area (Å²) >= 11 is 0. The highest BCUT2D eigenvalue weighted by molar-refractivity contribution is 5.51. The van der Waals surface area contributed by atoms with Gasteiger partial charge in [0.2, 0.25) is 0 Å². The predicted octanol–water partition coefficient (Wildman–Crippen LogP) is 2.48. The fourth-order valence-electron chi connectivity index (χ4n) is 1.68. The molecule has 6 heteroatoms. The monoisotopic (exact) mass is 269 g/mol. The maximum absolute atomic E-state index is 10.9. The molecule has 0 radical (unpaired) electrons. The summed E-state index contributed by atoms with van der Waals surface area (Å²) in [6.07, 6.45) is 4.00. The summed E-state index contributed by atoms with van der Waals surface area (Å²) in [7, 11) is 0. The van der Waals surface area contributed by atoms with E-state index in [1.165, 1.54) is 18.2 Å². The number of nitro benzene ring substituents is 1. The largest absolute Gasteiger partial charge is 0.486 e. The average Bonchev–Trinajstić information content (AvgIpc) is 2.48. The van der Waals surface area contributed by atoms with Gasteiger partial charge in [0.05, 0.1) is 23.2 Å². The van der Waals surface area contributed by atoms with Gasteiger partial charge in [-0.2, -0.15) is 5.26 Å². The van der Waals surface area contributed by atoms with Gasteiger partial charge in [-0.05, 0) is 23.8 Å². The lowest BCUT2D eigenvalue weighted by Crippen LogP contribution is -2.04. The van der Waals surface area contributed by atoms with Crippen molar-refractivity contribution in [3.63, 3.8) is 0 Å². The van der Waals surface area contributed by atoms with Crippen molar-refractivity contribution >= 4 is 5.69 Å². The van der Waals surface area contributed by atoms with Gasteiger partial charge in [0.25, 0.3) is 0 Å². The molecule has 20 heavy (non-hydrogen) atoms. The van der Waals surface area contributed by atoms with E-state index in [1.54, 1.807) is 12.4 Å². The van der Waals surface area contributed by atoms with Crippen LogP contribution in [0.5, 0.6) is 5.75 Å². The second-order valence-corrected chi connectivity index (χ2v) is 4.01. The van der Waals surface area contributed by atoms with Crippen LogP contribution in [-0.2, 0) is 6.42 Å². The van der Waals surface area contributed by atoms with Crippen LogP contribution in [0.2, 0.25) is 0 Å². The van der Waals surface area contributed by atoms with E-state index < -0.39 is 4.92 Å². The lowest BCUT2D eigenvalue weighted by molar-refractivity contribution is -0.385. The molecule has 1 aromatic heterocycles. The van der Waals surface area contributed by atoms with E-state index in [0.717, 1.165) is 5.56 Å². The molecule has 0 saturated heterocycles. The second kappa shape index (κ2) is 6.29. The lowest BCUT2D eigenvalue weighted by atomic mass is 10.2. The van der Waals surface area contributed by atoms with Crippen molar-refractivity contribution in [2.24, 2.45) is 0 Å². The molecule has 2 aromatic rings. The first-order chi connectivity index (χ1) is 9.70. The molecule has 0 aliphatic heterocycles. The third-order valence-corrected chi connectivity index (χ3v) is 2.66. The van der Waals surface area contributed by atoms with Crippen molar-refractivity contribution in [2.75, 3.05) is 6.61 Å². The number of nitriles is 1. The van der Waals surface area contributed by atoms with Crippen LogP contribution >= 0.6 is 0 Å². The van der Waals surface area contributed by atoms with Crippen molar-refractivity contribution in [3.8, 4) is 11.8 Å². The van der Waals surface area contributed by atoms with Gasteiger partial charge in [0.1, 0.15) is 0 Å². The number of pyridine rings is 1. The second-order valence-electron chi connectivity index (χ2n) is 4.01. The van der Waals surface area contributed by atoms with Crippen LogP contribution in [0.1, 0.15) is 11.1 Å². The molecule has 0 unspecified atom stereocenters. The maximum atomic E-state index is 10.9. The van der Waals surface area contributed by atoms with E-state index in [2.05, 4.69) is 4.98 Å². The fraction of sp³-hybridized carbons (Fsp3) is 0.143. The van der Waals surface area contributed by atoms with Crippen LogP contribution in [0.25, 0.3) is 0 Å². The summed E-state index contributed by atoms with van der Waals surface area (Å²) in [6, 6.07) is 9.73. The summed E-state index contributed by atoms with van der Waals surface area (Å²) in [4.78, 5) is 14.4. The van der Waals surface area contributed by atoms with Crippen LogP contribution < -0.4 is 4.74 Å². The number of benzene rings is 1. The first kappa shape index (κ1) is 13.5. The van der Waals surface area contributed by atoms with E-state index in [1.807, 2.05) is 18.2 Å². The van der Waals surface area contributed by atoms with E-state index in [4.69, 9.17) is 10.00 Å². The van der Waals surface area contributed by atoms with Crippen LogP contribution in [0.15, 0.2) is 42.7 Å². The Morgan fingerprint density at radius 2 is 2.25 bits per heavy atom. The number of ether oxygens (including phenoxy) is 1. The molecule has 100 valence electrons. The van der Waals surface area contributed by atoms with Gasteiger partial charge in [0, 0.05) is 24.9 Å². The number of nitro groups is 1. The third-order valence-electron chi connectivity index (χ3n) is 2.66. The lowest BCUT2D eigenvalue weighted by Gasteiger charge is -2.06. The first-order valence-corrected chi connectivity index (χ1v) is 5.91. The Bertz CT molecular complexity index is 650. The zero-order chi connectivity index (χ0) is 14.4. The molecule has 0 aliphatic rings. The van der Waals surface area contributed by atoms with Crippen molar-refractivity contribution in [3.05, 3.63) is 64.0 Å². The maximum Gasteiger partial charge on any atom is 0.312 e. The Morgan fingerprint density at radius 1 is 1.40 bits per heavy atom.